The third-order valence-electron chi connectivity index (χ3n) is 2.07. The average Bonchev–Trinajstić information content (AvgIpc) is 2.36. The van der Waals surface area contributed by atoms with E-state index in [9.17, 15) is 13.2 Å². The third-order valence-corrected chi connectivity index (χ3v) is 2.07. The van der Waals surface area contributed by atoms with Crippen LogP contribution in [0.5, 0.6) is 0 Å². The molecule has 1 heterocycles. The summed E-state index contributed by atoms with van der Waals surface area (Å²) in [5.41, 5.74) is 5.13. The standard InChI is InChI=1S/C9H12F3N5O2/c10-9(11,12)5-17(3-4-18)8-6(7(13)16-19)14-1-2-15-8/h1-2,18-19H,3-5H2,(H2,13,16). The number of hydrogen-bond donors (Lipinski definition) is 3. The highest BCUT2D eigenvalue weighted by molar-refractivity contribution is 5.99. The first-order valence-corrected chi connectivity index (χ1v) is 5.10. The van der Waals surface area contributed by atoms with Crippen LogP contribution in [0.3, 0.4) is 0 Å². The smallest absolute Gasteiger partial charge is 0.405 e. The monoisotopic (exact) mass is 279 g/mol. The predicted octanol–water partition coefficient (Wildman–Crippen LogP) is -0.0679. The first kappa shape index (κ1) is 15.0. The van der Waals surface area contributed by atoms with Gasteiger partial charge in [0.2, 0.25) is 0 Å². The van der Waals surface area contributed by atoms with Gasteiger partial charge < -0.3 is 20.9 Å². The summed E-state index contributed by atoms with van der Waals surface area (Å²) < 4.78 is 37.3. The fourth-order valence-corrected chi connectivity index (χ4v) is 1.39. The van der Waals surface area contributed by atoms with E-state index >= 15 is 0 Å². The quantitative estimate of drug-likeness (QED) is 0.301. The van der Waals surface area contributed by atoms with Gasteiger partial charge in [0.25, 0.3) is 0 Å². The summed E-state index contributed by atoms with van der Waals surface area (Å²) in [4.78, 5) is 8.20. The SMILES string of the molecule is NC(=NO)c1nccnc1N(CCO)CC(F)(F)F. The Bertz CT molecular complexity index is 452. The van der Waals surface area contributed by atoms with Gasteiger partial charge in [0.1, 0.15) is 6.54 Å². The molecule has 1 aromatic rings. The fraction of sp³-hybridized carbons (Fsp3) is 0.444. The van der Waals surface area contributed by atoms with E-state index < -0.39 is 25.2 Å². The topological polar surface area (TPSA) is 108 Å². The Morgan fingerprint density at radius 2 is 2.00 bits per heavy atom. The number of hydrogen-bond acceptors (Lipinski definition) is 6. The number of aliphatic hydroxyl groups is 1. The van der Waals surface area contributed by atoms with E-state index in [1.165, 1.54) is 12.4 Å². The van der Waals surface area contributed by atoms with E-state index in [-0.39, 0.29) is 18.1 Å². The minimum absolute atomic E-state index is 0.192. The molecule has 10 heteroatoms. The lowest BCUT2D eigenvalue weighted by molar-refractivity contribution is -0.120. The van der Waals surface area contributed by atoms with Gasteiger partial charge >= 0.3 is 6.18 Å². The molecule has 1 aromatic heterocycles. The molecule has 0 saturated carbocycles. The second-order valence-electron chi connectivity index (χ2n) is 3.47. The number of alkyl halides is 3. The molecular formula is C9H12F3N5O2. The molecule has 0 saturated heterocycles. The zero-order valence-corrected chi connectivity index (χ0v) is 9.67. The molecule has 0 unspecified atom stereocenters. The summed E-state index contributed by atoms with van der Waals surface area (Å²) in [5.74, 6) is -0.683. The van der Waals surface area contributed by atoms with Crippen molar-refractivity contribution in [1.29, 1.82) is 0 Å². The maximum atomic E-state index is 12.4. The van der Waals surface area contributed by atoms with Gasteiger partial charge in [-0.3, -0.25) is 0 Å². The Kier molecular flexibility index (Phi) is 4.87. The van der Waals surface area contributed by atoms with Crippen molar-refractivity contribution >= 4 is 11.7 Å². The maximum Gasteiger partial charge on any atom is 0.405 e. The molecule has 0 amide bonds. The van der Waals surface area contributed by atoms with E-state index in [2.05, 4.69) is 15.1 Å². The van der Waals surface area contributed by atoms with Gasteiger partial charge in [-0.25, -0.2) is 9.97 Å². The number of aliphatic hydroxyl groups excluding tert-OH is 1. The van der Waals surface area contributed by atoms with Crippen LogP contribution in [0.25, 0.3) is 0 Å². The summed E-state index contributed by atoms with van der Waals surface area (Å²) in [5, 5.41) is 20.1. The van der Waals surface area contributed by atoms with Gasteiger partial charge in [0.15, 0.2) is 17.3 Å². The molecule has 0 fully saturated rings. The Morgan fingerprint density at radius 3 is 2.53 bits per heavy atom. The van der Waals surface area contributed by atoms with Crippen LogP contribution in [-0.2, 0) is 0 Å². The van der Waals surface area contributed by atoms with Gasteiger partial charge in [-0.15, -0.1) is 0 Å². The molecular weight excluding hydrogens is 267 g/mol. The van der Waals surface area contributed by atoms with E-state index in [0.717, 1.165) is 4.90 Å². The van der Waals surface area contributed by atoms with Crippen LogP contribution in [0.4, 0.5) is 19.0 Å². The van der Waals surface area contributed by atoms with Crippen molar-refractivity contribution in [2.45, 2.75) is 6.18 Å². The zero-order valence-electron chi connectivity index (χ0n) is 9.67. The highest BCUT2D eigenvalue weighted by atomic mass is 19.4. The minimum Gasteiger partial charge on any atom is -0.409 e. The Hall–Kier alpha value is -2.10. The normalized spacial score (nSPS) is 12.5. The van der Waals surface area contributed by atoms with Crippen LogP contribution in [0.15, 0.2) is 17.5 Å². The molecule has 0 atom stereocenters. The number of anilines is 1. The van der Waals surface area contributed by atoms with Crippen LogP contribution in [0.1, 0.15) is 5.69 Å². The summed E-state index contributed by atoms with van der Waals surface area (Å²) in [6.45, 7) is -2.16. The lowest BCUT2D eigenvalue weighted by Crippen LogP contribution is -2.38. The third kappa shape index (κ3) is 4.25. The summed E-state index contributed by atoms with van der Waals surface area (Å²) in [6.07, 6.45) is -2.12. The molecule has 0 aliphatic rings. The van der Waals surface area contributed by atoms with E-state index in [1.807, 2.05) is 0 Å². The Labute approximate surface area is 106 Å². The molecule has 0 spiro atoms. The number of oxime groups is 1. The van der Waals surface area contributed by atoms with Crippen molar-refractivity contribution in [3.63, 3.8) is 0 Å². The van der Waals surface area contributed by atoms with Crippen LogP contribution in [0, 0.1) is 0 Å². The lowest BCUT2D eigenvalue weighted by atomic mass is 10.3. The van der Waals surface area contributed by atoms with Crippen LogP contribution >= 0.6 is 0 Å². The predicted molar refractivity (Wildman–Crippen MR) is 59.9 cm³/mol. The van der Waals surface area contributed by atoms with Crippen molar-refractivity contribution in [3.8, 4) is 0 Å². The molecule has 0 aromatic carbocycles. The van der Waals surface area contributed by atoms with E-state index in [1.54, 1.807) is 0 Å². The summed E-state index contributed by atoms with van der Waals surface area (Å²) >= 11 is 0. The summed E-state index contributed by atoms with van der Waals surface area (Å²) in [6, 6.07) is 0. The number of amidine groups is 1. The highest BCUT2D eigenvalue weighted by Gasteiger charge is 2.32. The zero-order chi connectivity index (χ0) is 14.5. The van der Waals surface area contributed by atoms with E-state index in [0.29, 0.717) is 0 Å². The average molecular weight is 279 g/mol. The second-order valence-corrected chi connectivity index (χ2v) is 3.47. The van der Waals surface area contributed by atoms with Crippen molar-refractivity contribution in [2.75, 3.05) is 24.6 Å². The van der Waals surface area contributed by atoms with Gasteiger partial charge in [-0.2, -0.15) is 13.2 Å². The number of halogens is 3. The lowest BCUT2D eigenvalue weighted by Gasteiger charge is -2.25. The molecule has 4 N–H and O–H groups in total. The summed E-state index contributed by atoms with van der Waals surface area (Å²) in [7, 11) is 0. The highest BCUT2D eigenvalue weighted by Crippen LogP contribution is 2.22. The largest absolute Gasteiger partial charge is 0.409 e. The maximum absolute atomic E-state index is 12.4. The minimum atomic E-state index is -4.49. The van der Waals surface area contributed by atoms with Gasteiger partial charge in [-0.1, -0.05) is 5.16 Å². The molecule has 7 nitrogen and oxygen atoms in total. The molecule has 19 heavy (non-hydrogen) atoms. The Morgan fingerprint density at radius 1 is 1.37 bits per heavy atom. The van der Waals surface area contributed by atoms with Gasteiger partial charge in [0, 0.05) is 18.9 Å². The van der Waals surface area contributed by atoms with E-state index in [4.69, 9.17) is 16.0 Å². The van der Waals surface area contributed by atoms with Gasteiger partial charge in [0.05, 0.1) is 6.61 Å². The number of rotatable bonds is 5. The second kappa shape index (κ2) is 6.18. The van der Waals surface area contributed by atoms with Crippen molar-refractivity contribution in [2.24, 2.45) is 10.9 Å². The number of nitrogens with zero attached hydrogens (tertiary/aromatic N) is 4. The number of aromatic nitrogens is 2. The fourth-order valence-electron chi connectivity index (χ4n) is 1.39. The number of nitrogens with two attached hydrogens (primary N) is 1. The van der Waals surface area contributed by atoms with Crippen molar-refractivity contribution in [1.82, 2.24) is 9.97 Å². The molecule has 0 bridgehead atoms. The Balaban J connectivity index is 3.15. The van der Waals surface area contributed by atoms with Gasteiger partial charge in [-0.05, 0) is 0 Å². The van der Waals surface area contributed by atoms with Crippen LogP contribution in [-0.4, -0.2) is 52.0 Å². The molecule has 106 valence electrons. The molecule has 1 rings (SSSR count). The van der Waals surface area contributed by atoms with Crippen molar-refractivity contribution in [3.05, 3.63) is 18.1 Å². The van der Waals surface area contributed by atoms with Crippen molar-refractivity contribution < 1.29 is 23.5 Å². The molecule has 0 aliphatic carbocycles. The first-order valence-electron chi connectivity index (χ1n) is 5.10. The van der Waals surface area contributed by atoms with Crippen LogP contribution in [0.2, 0.25) is 0 Å². The molecule has 0 radical (unpaired) electrons. The van der Waals surface area contributed by atoms with Crippen LogP contribution < -0.4 is 10.6 Å². The first-order chi connectivity index (χ1) is 8.89. The molecule has 0 aliphatic heterocycles.